The molecule has 0 fully saturated rings. The Morgan fingerprint density at radius 1 is 1.33 bits per heavy atom. The predicted molar refractivity (Wildman–Crippen MR) is 86.5 cm³/mol. The van der Waals surface area contributed by atoms with Gasteiger partial charge in [-0.05, 0) is 31.4 Å². The van der Waals surface area contributed by atoms with Crippen molar-refractivity contribution in [3.05, 3.63) is 29.3 Å². The molecule has 0 radical (unpaired) electrons. The second-order valence-electron chi connectivity index (χ2n) is 5.71. The van der Waals surface area contributed by atoms with E-state index in [1.165, 1.54) is 5.56 Å². The van der Waals surface area contributed by atoms with Gasteiger partial charge in [0.25, 0.3) is 0 Å². The van der Waals surface area contributed by atoms with Crippen LogP contribution in [0.3, 0.4) is 0 Å². The van der Waals surface area contributed by atoms with Gasteiger partial charge in [0.15, 0.2) is 0 Å². The van der Waals surface area contributed by atoms with Gasteiger partial charge in [-0.25, -0.2) is 0 Å². The molecule has 0 unspecified atom stereocenters. The number of carbonyl (C=O) groups excluding carboxylic acids is 1. The number of ether oxygens (including phenoxy) is 1. The van der Waals surface area contributed by atoms with Gasteiger partial charge in [-0.1, -0.05) is 32.0 Å². The average Bonchev–Trinajstić information content (AvgIpc) is 2.45. The molecule has 21 heavy (non-hydrogen) atoms. The van der Waals surface area contributed by atoms with Crippen LogP contribution >= 0.6 is 0 Å². The number of hydrogen-bond acceptors (Lipinski definition) is 3. The van der Waals surface area contributed by atoms with Crippen molar-refractivity contribution in [1.29, 1.82) is 0 Å². The molecule has 0 bridgehead atoms. The van der Waals surface area contributed by atoms with E-state index in [9.17, 15) is 4.79 Å². The molecule has 1 aromatic rings. The number of para-hydroxylation sites is 1. The third kappa shape index (κ3) is 6.63. The van der Waals surface area contributed by atoms with Crippen molar-refractivity contribution in [1.82, 2.24) is 10.6 Å². The molecule has 0 saturated carbocycles. The third-order valence-electron chi connectivity index (χ3n) is 3.23. The second-order valence-corrected chi connectivity index (χ2v) is 5.71. The smallest absolute Gasteiger partial charge is 0.219 e. The zero-order valence-electron chi connectivity index (χ0n) is 13.7. The summed E-state index contributed by atoms with van der Waals surface area (Å²) in [6.07, 6.45) is 1.23. The molecular weight excluding hydrogens is 264 g/mol. The van der Waals surface area contributed by atoms with Crippen molar-refractivity contribution >= 4 is 5.91 Å². The summed E-state index contributed by atoms with van der Waals surface area (Å²) < 4.78 is 5.90. The molecular formula is C17H28N2O2. The van der Waals surface area contributed by atoms with E-state index >= 15 is 0 Å². The number of benzene rings is 1. The topological polar surface area (TPSA) is 50.4 Å². The molecule has 0 saturated heterocycles. The number of amides is 1. The monoisotopic (exact) mass is 292 g/mol. The summed E-state index contributed by atoms with van der Waals surface area (Å²) in [5.74, 6) is 1.64. The third-order valence-corrected chi connectivity index (χ3v) is 3.23. The summed E-state index contributed by atoms with van der Waals surface area (Å²) in [5, 5.41) is 6.06. The van der Waals surface area contributed by atoms with E-state index < -0.39 is 0 Å². The van der Waals surface area contributed by atoms with Gasteiger partial charge in [-0.2, -0.15) is 0 Å². The lowest BCUT2D eigenvalue weighted by Crippen LogP contribution is -2.20. The molecule has 0 spiro atoms. The van der Waals surface area contributed by atoms with Crippen LogP contribution in [0.15, 0.2) is 18.2 Å². The Labute approximate surface area is 128 Å². The van der Waals surface area contributed by atoms with Crippen LogP contribution in [0.25, 0.3) is 0 Å². The Morgan fingerprint density at radius 2 is 2.10 bits per heavy atom. The maximum Gasteiger partial charge on any atom is 0.219 e. The van der Waals surface area contributed by atoms with Gasteiger partial charge in [0.1, 0.15) is 5.75 Å². The maximum atomic E-state index is 11.2. The highest BCUT2D eigenvalue weighted by Crippen LogP contribution is 2.23. The van der Waals surface area contributed by atoms with E-state index in [-0.39, 0.29) is 5.91 Å². The van der Waals surface area contributed by atoms with E-state index in [0.717, 1.165) is 30.8 Å². The lowest BCUT2D eigenvalue weighted by Gasteiger charge is -2.15. The standard InChI is InChI=1S/C17H28N2O2/c1-13(2)11-19-12-15-8-5-7-14(3)17(15)21-10-6-9-16(20)18-4/h5,7-8,13,19H,6,9-12H2,1-4H3,(H,18,20). The highest BCUT2D eigenvalue weighted by molar-refractivity contribution is 5.75. The highest BCUT2D eigenvalue weighted by Gasteiger charge is 2.07. The zero-order chi connectivity index (χ0) is 15.7. The van der Waals surface area contributed by atoms with Gasteiger partial charge < -0.3 is 15.4 Å². The first-order chi connectivity index (χ1) is 10.0. The van der Waals surface area contributed by atoms with Gasteiger partial charge in [0.05, 0.1) is 6.61 Å². The Balaban J connectivity index is 2.52. The highest BCUT2D eigenvalue weighted by atomic mass is 16.5. The summed E-state index contributed by atoms with van der Waals surface area (Å²) in [6.45, 7) is 8.81. The van der Waals surface area contributed by atoms with Crippen molar-refractivity contribution in [3.63, 3.8) is 0 Å². The number of carbonyl (C=O) groups is 1. The molecule has 0 aliphatic heterocycles. The molecule has 4 nitrogen and oxygen atoms in total. The van der Waals surface area contributed by atoms with E-state index in [2.05, 4.69) is 49.6 Å². The molecule has 4 heteroatoms. The van der Waals surface area contributed by atoms with Crippen LogP contribution in [0.4, 0.5) is 0 Å². The molecule has 1 amide bonds. The molecule has 0 aliphatic rings. The van der Waals surface area contributed by atoms with Crippen molar-refractivity contribution < 1.29 is 9.53 Å². The fourth-order valence-corrected chi connectivity index (χ4v) is 2.09. The molecule has 118 valence electrons. The summed E-state index contributed by atoms with van der Waals surface area (Å²) in [5.41, 5.74) is 2.31. The van der Waals surface area contributed by atoms with E-state index in [1.807, 2.05) is 0 Å². The van der Waals surface area contributed by atoms with Gasteiger partial charge in [0.2, 0.25) is 5.91 Å². The van der Waals surface area contributed by atoms with Crippen molar-refractivity contribution in [2.75, 3.05) is 20.2 Å². The number of nitrogens with one attached hydrogen (secondary N) is 2. The van der Waals surface area contributed by atoms with Gasteiger partial charge in [-0.3, -0.25) is 4.79 Å². The lowest BCUT2D eigenvalue weighted by molar-refractivity contribution is -0.120. The molecule has 1 aromatic carbocycles. The lowest BCUT2D eigenvalue weighted by atomic mass is 10.1. The Hall–Kier alpha value is -1.55. The molecule has 1 rings (SSSR count). The zero-order valence-corrected chi connectivity index (χ0v) is 13.7. The van der Waals surface area contributed by atoms with Crippen molar-refractivity contribution in [2.45, 2.75) is 40.2 Å². The first-order valence-corrected chi connectivity index (χ1v) is 7.67. The normalized spacial score (nSPS) is 10.7. The minimum absolute atomic E-state index is 0.0576. The molecule has 0 atom stereocenters. The average molecular weight is 292 g/mol. The van der Waals surface area contributed by atoms with Crippen LogP contribution < -0.4 is 15.4 Å². The first kappa shape index (κ1) is 17.5. The quantitative estimate of drug-likeness (QED) is 0.688. The summed E-state index contributed by atoms with van der Waals surface area (Å²) in [7, 11) is 1.66. The van der Waals surface area contributed by atoms with Crippen LogP contribution in [-0.2, 0) is 11.3 Å². The molecule has 0 aliphatic carbocycles. The molecule has 0 heterocycles. The minimum Gasteiger partial charge on any atom is -0.493 e. The Morgan fingerprint density at radius 3 is 2.76 bits per heavy atom. The first-order valence-electron chi connectivity index (χ1n) is 7.67. The van der Waals surface area contributed by atoms with Crippen molar-refractivity contribution in [3.8, 4) is 5.75 Å². The van der Waals surface area contributed by atoms with Crippen LogP contribution in [0.5, 0.6) is 5.75 Å². The predicted octanol–water partition coefficient (Wildman–Crippen LogP) is 2.65. The summed E-state index contributed by atoms with van der Waals surface area (Å²) in [6, 6.07) is 6.20. The largest absolute Gasteiger partial charge is 0.493 e. The fraction of sp³-hybridized carbons (Fsp3) is 0.588. The Kier molecular flexibility index (Phi) is 7.83. The second kappa shape index (κ2) is 9.40. The molecule has 0 aromatic heterocycles. The molecule has 2 N–H and O–H groups in total. The number of hydrogen-bond donors (Lipinski definition) is 2. The number of rotatable bonds is 9. The number of aryl methyl sites for hydroxylation is 1. The van der Waals surface area contributed by atoms with Crippen LogP contribution in [0.1, 0.15) is 37.8 Å². The van der Waals surface area contributed by atoms with E-state index in [0.29, 0.717) is 18.9 Å². The maximum absolute atomic E-state index is 11.2. The van der Waals surface area contributed by atoms with Crippen LogP contribution in [-0.4, -0.2) is 26.1 Å². The minimum atomic E-state index is 0.0576. The van der Waals surface area contributed by atoms with E-state index in [4.69, 9.17) is 4.74 Å². The van der Waals surface area contributed by atoms with E-state index in [1.54, 1.807) is 7.05 Å². The van der Waals surface area contributed by atoms with Gasteiger partial charge >= 0.3 is 0 Å². The van der Waals surface area contributed by atoms with Gasteiger partial charge in [-0.15, -0.1) is 0 Å². The summed E-state index contributed by atoms with van der Waals surface area (Å²) >= 11 is 0. The van der Waals surface area contributed by atoms with Crippen LogP contribution in [0.2, 0.25) is 0 Å². The Bertz CT molecular complexity index is 444. The fourth-order valence-electron chi connectivity index (χ4n) is 2.09. The van der Waals surface area contributed by atoms with Crippen molar-refractivity contribution in [2.24, 2.45) is 5.92 Å². The van der Waals surface area contributed by atoms with Crippen LogP contribution in [0, 0.1) is 12.8 Å². The SMILES string of the molecule is CNC(=O)CCCOc1c(C)cccc1CNCC(C)C. The van der Waals surface area contributed by atoms with Gasteiger partial charge in [0, 0.05) is 25.6 Å². The summed E-state index contributed by atoms with van der Waals surface area (Å²) in [4.78, 5) is 11.2.